The van der Waals surface area contributed by atoms with Crippen molar-refractivity contribution >= 4 is 17.7 Å². The number of amides is 1. The number of nitrogens with one attached hydrogen (secondary N) is 1. The predicted octanol–water partition coefficient (Wildman–Crippen LogP) is 1.50. The Balaban J connectivity index is 2.33. The molecule has 0 aromatic heterocycles. The molecule has 0 atom stereocenters. The van der Waals surface area contributed by atoms with E-state index in [9.17, 15) is 13.6 Å². The molecule has 106 valence electrons. The number of rotatable bonds is 7. The highest BCUT2D eigenvalue weighted by Crippen LogP contribution is 2.21. The third kappa shape index (κ3) is 5.89. The zero-order valence-corrected chi connectivity index (χ0v) is 11.3. The maximum atomic E-state index is 12.8. The Morgan fingerprint density at radius 1 is 1.42 bits per heavy atom. The van der Waals surface area contributed by atoms with Crippen molar-refractivity contribution in [2.24, 2.45) is 5.73 Å². The summed E-state index contributed by atoms with van der Waals surface area (Å²) in [5, 5.41) is 2.15. The maximum absolute atomic E-state index is 12.8. The topological polar surface area (TPSA) is 64.3 Å². The minimum Gasteiger partial charge on any atom is -0.497 e. The second-order valence-corrected chi connectivity index (χ2v) is 4.85. The maximum Gasteiger partial charge on any atom is 0.277 e. The van der Waals surface area contributed by atoms with Crippen molar-refractivity contribution in [3.8, 4) is 5.75 Å². The third-order valence-electron chi connectivity index (χ3n) is 2.27. The molecule has 1 aromatic rings. The molecule has 0 heterocycles. The van der Waals surface area contributed by atoms with Crippen LogP contribution in [0.25, 0.3) is 0 Å². The minimum absolute atomic E-state index is 0.0764. The standard InChI is InChI=1S/C12H16F2N2O2S/c1-18-9-2-4-10(5-3-9)19-6-11(17)16-8-12(13,14)7-15/h2-5H,6-8,15H2,1H3,(H,16,17). The Morgan fingerprint density at radius 3 is 2.58 bits per heavy atom. The van der Waals surface area contributed by atoms with E-state index in [-0.39, 0.29) is 5.75 Å². The molecule has 4 nitrogen and oxygen atoms in total. The monoisotopic (exact) mass is 290 g/mol. The lowest BCUT2D eigenvalue weighted by atomic mass is 10.3. The van der Waals surface area contributed by atoms with Gasteiger partial charge in [0, 0.05) is 4.90 Å². The number of ether oxygens (including phenoxy) is 1. The summed E-state index contributed by atoms with van der Waals surface area (Å²) in [5.41, 5.74) is 4.87. The first kappa shape index (κ1) is 15.7. The molecule has 1 amide bonds. The zero-order chi connectivity index (χ0) is 14.3. The van der Waals surface area contributed by atoms with Gasteiger partial charge in [-0.25, -0.2) is 8.78 Å². The molecule has 1 rings (SSSR count). The number of methoxy groups -OCH3 is 1. The van der Waals surface area contributed by atoms with Crippen LogP contribution in [0.1, 0.15) is 0 Å². The minimum atomic E-state index is -3.06. The first-order chi connectivity index (χ1) is 8.96. The van der Waals surface area contributed by atoms with Crippen molar-refractivity contribution in [3.05, 3.63) is 24.3 Å². The lowest BCUT2D eigenvalue weighted by molar-refractivity contribution is -0.120. The van der Waals surface area contributed by atoms with E-state index in [2.05, 4.69) is 5.32 Å². The Morgan fingerprint density at radius 2 is 2.05 bits per heavy atom. The van der Waals surface area contributed by atoms with Gasteiger partial charge in [-0.3, -0.25) is 4.79 Å². The van der Waals surface area contributed by atoms with Gasteiger partial charge in [0.15, 0.2) is 0 Å². The normalized spacial score (nSPS) is 11.2. The van der Waals surface area contributed by atoms with Crippen LogP contribution in [-0.4, -0.2) is 37.8 Å². The molecule has 3 N–H and O–H groups in total. The van der Waals surface area contributed by atoms with Crippen LogP contribution in [0, 0.1) is 0 Å². The smallest absolute Gasteiger partial charge is 0.277 e. The van der Waals surface area contributed by atoms with E-state index in [1.165, 1.54) is 11.8 Å². The largest absolute Gasteiger partial charge is 0.497 e. The van der Waals surface area contributed by atoms with E-state index >= 15 is 0 Å². The molecule has 1 aromatic carbocycles. The van der Waals surface area contributed by atoms with Crippen LogP contribution in [0.15, 0.2) is 29.2 Å². The molecule has 0 fully saturated rings. The lowest BCUT2D eigenvalue weighted by Crippen LogP contribution is -2.42. The summed E-state index contributed by atoms with van der Waals surface area (Å²) in [6.45, 7) is -1.51. The highest BCUT2D eigenvalue weighted by Gasteiger charge is 2.26. The highest BCUT2D eigenvalue weighted by atomic mass is 32.2. The van der Waals surface area contributed by atoms with Crippen molar-refractivity contribution in [2.45, 2.75) is 10.8 Å². The van der Waals surface area contributed by atoms with Gasteiger partial charge in [0.25, 0.3) is 5.92 Å². The van der Waals surface area contributed by atoms with Crippen LogP contribution in [0.3, 0.4) is 0 Å². The number of nitrogens with two attached hydrogens (primary N) is 1. The SMILES string of the molecule is COc1ccc(SCC(=O)NCC(F)(F)CN)cc1. The second-order valence-electron chi connectivity index (χ2n) is 3.80. The average molecular weight is 290 g/mol. The van der Waals surface area contributed by atoms with Crippen LogP contribution in [-0.2, 0) is 4.79 Å². The molecule has 0 aliphatic carbocycles. The first-order valence-corrected chi connectivity index (χ1v) is 6.57. The summed E-state index contributed by atoms with van der Waals surface area (Å²) in [6, 6.07) is 7.13. The van der Waals surface area contributed by atoms with Crippen molar-refractivity contribution < 1.29 is 18.3 Å². The molecule has 0 aliphatic heterocycles. The molecule has 0 unspecified atom stereocenters. The van der Waals surface area contributed by atoms with E-state index in [0.29, 0.717) is 0 Å². The first-order valence-electron chi connectivity index (χ1n) is 5.58. The zero-order valence-electron chi connectivity index (χ0n) is 10.5. The molecular weight excluding hydrogens is 274 g/mol. The lowest BCUT2D eigenvalue weighted by Gasteiger charge is -2.14. The number of hydrogen-bond acceptors (Lipinski definition) is 4. The van der Waals surface area contributed by atoms with E-state index in [0.717, 1.165) is 10.6 Å². The number of hydrogen-bond donors (Lipinski definition) is 2. The second kappa shape index (κ2) is 7.30. The van der Waals surface area contributed by atoms with Gasteiger partial charge in [-0.05, 0) is 24.3 Å². The molecule has 0 saturated carbocycles. The molecule has 0 spiro atoms. The molecule has 19 heavy (non-hydrogen) atoms. The summed E-state index contributed by atoms with van der Waals surface area (Å²) in [7, 11) is 1.56. The van der Waals surface area contributed by atoms with Crippen LogP contribution in [0.2, 0.25) is 0 Å². The fourth-order valence-corrected chi connectivity index (χ4v) is 1.90. The van der Waals surface area contributed by atoms with Crippen LogP contribution in [0.5, 0.6) is 5.75 Å². The van der Waals surface area contributed by atoms with Crippen molar-refractivity contribution in [1.29, 1.82) is 0 Å². The summed E-state index contributed by atoms with van der Waals surface area (Å²) in [4.78, 5) is 12.2. The Labute approximate surface area is 114 Å². The number of alkyl halides is 2. The van der Waals surface area contributed by atoms with Gasteiger partial charge in [0.2, 0.25) is 5.91 Å². The third-order valence-corrected chi connectivity index (χ3v) is 3.28. The van der Waals surface area contributed by atoms with E-state index in [1.807, 2.05) is 0 Å². The number of benzene rings is 1. The summed E-state index contributed by atoms with van der Waals surface area (Å²) >= 11 is 1.26. The van der Waals surface area contributed by atoms with Gasteiger partial charge in [-0.15, -0.1) is 11.8 Å². The van der Waals surface area contributed by atoms with Gasteiger partial charge in [-0.2, -0.15) is 0 Å². The Hall–Kier alpha value is -1.34. The van der Waals surface area contributed by atoms with Gasteiger partial charge in [0.05, 0.1) is 26.0 Å². The van der Waals surface area contributed by atoms with Gasteiger partial charge in [-0.1, -0.05) is 0 Å². The van der Waals surface area contributed by atoms with Crippen molar-refractivity contribution in [2.75, 3.05) is 26.0 Å². The number of carbonyl (C=O) groups is 1. The van der Waals surface area contributed by atoms with E-state index < -0.39 is 24.9 Å². The molecule has 0 radical (unpaired) electrons. The van der Waals surface area contributed by atoms with Crippen molar-refractivity contribution in [3.63, 3.8) is 0 Å². The van der Waals surface area contributed by atoms with E-state index in [1.54, 1.807) is 31.4 Å². The fourth-order valence-electron chi connectivity index (χ4n) is 1.17. The Bertz CT molecular complexity index is 413. The van der Waals surface area contributed by atoms with Gasteiger partial charge >= 0.3 is 0 Å². The van der Waals surface area contributed by atoms with Crippen LogP contribution in [0.4, 0.5) is 8.78 Å². The average Bonchev–Trinajstić information content (AvgIpc) is 2.43. The van der Waals surface area contributed by atoms with Crippen LogP contribution < -0.4 is 15.8 Å². The van der Waals surface area contributed by atoms with Gasteiger partial charge in [0.1, 0.15) is 5.75 Å². The fraction of sp³-hybridized carbons (Fsp3) is 0.417. The molecular formula is C12H16F2N2O2S. The molecule has 0 bridgehead atoms. The van der Waals surface area contributed by atoms with Crippen LogP contribution >= 0.6 is 11.8 Å². The van der Waals surface area contributed by atoms with E-state index in [4.69, 9.17) is 10.5 Å². The highest BCUT2D eigenvalue weighted by molar-refractivity contribution is 8.00. The number of carbonyl (C=O) groups excluding carboxylic acids is 1. The molecule has 0 saturated heterocycles. The summed E-state index contributed by atoms with van der Waals surface area (Å²) < 4.78 is 30.6. The quantitative estimate of drug-likeness (QED) is 0.747. The van der Waals surface area contributed by atoms with Crippen molar-refractivity contribution in [1.82, 2.24) is 5.32 Å². The van der Waals surface area contributed by atoms with Gasteiger partial charge < -0.3 is 15.8 Å². The number of halogens is 2. The molecule has 7 heteroatoms. The number of thioether (sulfide) groups is 1. The molecule has 0 aliphatic rings. The summed E-state index contributed by atoms with van der Waals surface area (Å²) in [5.74, 6) is -2.71. The predicted molar refractivity (Wildman–Crippen MR) is 70.7 cm³/mol. The Kier molecular flexibility index (Phi) is 6.04. The summed E-state index contributed by atoms with van der Waals surface area (Å²) in [6.07, 6.45) is 0.